The van der Waals surface area contributed by atoms with E-state index in [1.165, 1.54) is 12.1 Å². The fraction of sp³-hybridized carbons (Fsp3) is 0.444. The Labute approximate surface area is 100 Å². The number of alkyl halides is 3. The lowest BCUT2D eigenvalue weighted by Gasteiger charge is -2.16. The Kier molecular flexibility index (Phi) is 4.41. The summed E-state index contributed by atoms with van der Waals surface area (Å²) in [6.07, 6.45) is -6.27. The molecule has 1 aromatic heterocycles. The third-order valence-electron chi connectivity index (χ3n) is 1.82. The molecule has 0 aromatic carbocycles. The normalized spacial score (nSPS) is 13.9. The Hall–Kier alpha value is -0.520. The second-order valence-electron chi connectivity index (χ2n) is 3.06. The van der Waals surface area contributed by atoms with Crippen LogP contribution in [0.4, 0.5) is 13.2 Å². The summed E-state index contributed by atoms with van der Waals surface area (Å²) >= 11 is 11.3. The van der Waals surface area contributed by atoms with Crippen molar-refractivity contribution in [3.8, 4) is 0 Å². The van der Waals surface area contributed by atoms with Crippen molar-refractivity contribution in [1.29, 1.82) is 0 Å². The molecule has 0 N–H and O–H groups in total. The van der Waals surface area contributed by atoms with Gasteiger partial charge in [0.2, 0.25) is 0 Å². The molecule has 1 heterocycles. The van der Waals surface area contributed by atoms with Crippen molar-refractivity contribution < 1.29 is 17.9 Å². The van der Waals surface area contributed by atoms with Crippen LogP contribution in [0.3, 0.4) is 0 Å². The molecule has 0 aliphatic rings. The quantitative estimate of drug-likeness (QED) is 0.781. The number of ether oxygens (including phenoxy) is 1. The fourth-order valence-corrected chi connectivity index (χ4v) is 1.18. The molecule has 16 heavy (non-hydrogen) atoms. The topological polar surface area (TPSA) is 22.1 Å². The van der Waals surface area contributed by atoms with Crippen molar-refractivity contribution in [1.82, 2.24) is 4.98 Å². The van der Waals surface area contributed by atoms with E-state index in [-0.39, 0.29) is 22.5 Å². The van der Waals surface area contributed by atoms with Gasteiger partial charge in [-0.15, -0.1) is 0 Å². The maximum Gasteiger partial charge on any atom is 0.414 e. The summed E-state index contributed by atoms with van der Waals surface area (Å²) in [6, 6.07) is 2.90. The molecule has 90 valence electrons. The summed E-state index contributed by atoms with van der Waals surface area (Å²) in [5.74, 6) is 0. The first-order valence-corrected chi connectivity index (χ1v) is 5.05. The van der Waals surface area contributed by atoms with E-state index in [9.17, 15) is 13.2 Å². The predicted molar refractivity (Wildman–Crippen MR) is 54.6 cm³/mol. The second kappa shape index (κ2) is 5.21. The molecule has 1 atom stereocenters. The number of hydrogen-bond donors (Lipinski definition) is 0. The van der Waals surface area contributed by atoms with Crippen LogP contribution in [-0.2, 0) is 11.3 Å². The van der Waals surface area contributed by atoms with Gasteiger partial charge in [0.15, 0.2) is 6.10 Å². The number of rotatable bonds is 3. The van der Waals surface area contributed by atoms with Crippen molar-refractivity contribution in [3.05, 3.63) is 28.0 Å². The highest BCUT2D eigenvalue weighted by molar-refractivity contribution is 6.32. The smallest absolute Gasteiger partial charge is 0.363 e. The zero-order valence-corrected chi connectivity index (χ0v) is 9.70. The van der Waals surface area contributed by atoms with Crippen LogP contribution >= 0.6 is 23.2 Å². The number of halogens is 5. The molecule has 1 rings (SSSR count). The molecule has 0 spiro atoms. The number of aromatic nitrogens is 1. The van der Waals surface area contributed by atoms with Crippen molar-refractivity contribution in [3.63, 3.8) is 0 Å². The maximum atomic E-state index is 12.1. The predicted octanol–water partition coefficient (Wildman–Crippen LogP) is 3.86. The Balaban J connectivity index is 2.64. The van der Waals surface area contributed by atoms with Gasteiger partial charge in [-0.2, -0.15) is 13.2 Å². The third-order valence-corrected chi connectivity index (χ3v) is 2.37. The minimum Gasteiger partial charge on any atom is -0.363 e. The van der Waals surface area contributed by atoms with E-state index < -0.39 is 12.3 Å². The number of nitrogens with zero attached hydrogens (tertiary/aromatic N) is 1. The molecule has 2 nitrogen and oxygen atoms in total. The summed E-state index contributed by atoms with van der Waals surface area (Å²) in [6.45, 7) is 0.582. The minimum atomic E-state index is -4.40. The first-order chi connectivity index (χ1) is 7.30. The lowest BCUT2D eigenvalue weighted by atomic mass is 10.3. The monoisotopic (exact) mass is 273 g/mol. The second-order valence-corrected chi connectivity index (χ2v) is 3.85. The van der Waals surface area contributed by atoms with E-state index >= 15 is 0 Å². The molecule has 0 aliphatic heterocycles. The molecule has 0 saturated heterocycles. The molecule has 0 fully saturated rings. The zero-order chi connectivity index (χ0) is 12.3. The molecule has 0 bridgehead atoms. The Bertz CT molecular complexity index is 370. The molecule has 0 saturated carbocycles. The lowest BCUT2D eigenvalue weighted by molar-refractivity contribution is -0.217. The van der Waals surface area contributed by atoms with Gasteiger partial charge in [0.05, 0.1) is 17.3 Å². The average Bonchev–Trinajstić information content (AvgIpc) is 2.17. The minimum absolute atomic E-state index is 0.155. The van der Waals surface area contributed by atoms with Crippen LogP contribution in [0.1, 0.15) is 12.6 Å². The van der Waals surface area contributed by atoms with Gasteiger partial charge < -0.3 is 4.74 Å². The maximum absolute atomic E-state index is 12.1. The number of hydrogen-bond acceptors (Lipinski definition) is 2. The summed E-state index contributed by atoms with van der Waals surface area (Å²) in [7, 11) is 0. The Morgan fingerprint density at radius 1 is 1.38 bits per heavy atom. The van der Waals surface area contributed by atoms with E-state index in [1.807, 2.05) is 0 Å². The summed E-state index contributed by atoms with van der Waals surface area (Å²) in [4.78, 5) is 3.77. The van der Waals surface area contributed by atoms with Gasteiger partial charge in [0, 0.05) is 0 Å². The highest BCUT2D eigenvalue weighted by Gasteiger charge is 2.37. The molecule has 0 amide bonds. The van der Waals surface area contributed by atoms with Crippen molar-refractivity contribution in [2.45, 2.75) is 25.8 Å². The van der Waals surface area contributed by atoms with Crippen LogP contribution in [0.2, 0.25) is 10.2 Å². The highest BCUT2D eigenvalue weighted by Crippen LogP contribution is 2.24. The Morgan fingerprint density at radius 3 is 2.56 bits per heavy atom. The molecular weight excluding hydrogens is 266 g/mol. The molecule has 7 heteroatoms. The van der Waals surface area contributed by atoms with Crippen molar-refractivity contribution in [2.75, 3.05) is 0 Å². The van der Waals surface area contributed by atoms with Gasteiger partial charge in [-0.05, 0) is 19.1 Å². The summed E-state index contributed by atoms with van der Waals surface area (Å²) < 4.78 is 41.0. The first kappa shape index (κ1) is 13.5. The highest BCUT2D eigenvalue weighted by atomic mass is 35.5. The van der Waals surface area contributed by atoms with Crippen LogP contribution < -0.4 is 0 Å². The van der Waals surface area contributed by atoms with Gasteiger partial charge in [-0.3, -0.25) is 0 Å². The first-order valence-electron chi connectivity index (χ1n) is 4.30. The molecule has 0 radical (unpaired) electrons. The SMILES string of the molecule is CC(OCc1nc(Cl)ccc1Cl)C(F)(F)F. The third kappa shape index (κ3) is 3.81. The molecule has 1 aromatic rings. The van der Waals surface area contributed by atoms with E-state index in [0.29, 0.717) is 0 Å². The van der Waals surface area contributed by atoms with Gasteiger partial charge in [0.25, 0.3) is 0 Å². The molecule has 0 aliphatic carbocycles. The zero-order valence-electron chi connectivity index (χ0n) is 8.18. The lowest BCUT2D eigenvalue weighted by Crippen LogP contribution is -2.28. The van der Waals surface area contributed by atoms with Gasteiger partial charge >= 0.3 is 6.18 Å². The Morgan fingerprint density at radius 2 is 2.00 bits per heavy atom. The average molecular weight is 274 g/mol. The van der Waals surface area contributed by atoms with Crippen LogP contribution in [-0.4, -0.2) is 17.3 Å². The fourth-order valence-electron chi connectivity index (χ4n) is 0.857. The van der Waals surface area contributed by atoms with Crippen LogP contribution in [0, 0.1) is 0 Å². The van der Waals surface area contributed by atoms with Crippen LogP contribution in [0.25, 0.3) is 0 Å². The van der Waals surface area contributed by atoms with E-state index in [0.717, 1.165) is 6.92 Å². The van der Waals surface area contributed by atoms with E-state index in [4.69, 9.17) is 23.2 Å². The van der Waals surface area contributed by atoms with E-state index in [1.54, 1.807) is 0 Å². The van der Waals surface area contributed by atoms with Gasteiger partial charge in [-0.1, -0.05) is 23.2 Å². The summed E-state index contributed by atoms with van der Waals surface area (Å²) in [5, 5.41) is 0.376. The van der Waals surface area contributed by atoms with Gasteiger partial charge in [-0.25, -0.2) is 4.98 Å². The molecule has 1 unspecified atom stereocenters. The van der Waals surface area contributed by atoms with Crippen LogP contribution in [0.15, 0.2) is 12.1 Å². The number of pyridine rings is 1. The molecular formula is C9H8Cl2F3NO. The van der Waals surface area contributed by atoms with Gasteiger partial charge in [0.1, 0.15) is 5.15 Å². The van der Waals surface area contributed by atoms with E-state index in [2.05, 4.69) is 9.72 Å². The van der Waals surface area contributed by atoms with Crippen LogP contribution in [0.5, 0.6) is 0 Å². The largest absolute Gasteiger partial charge is 0.414 e. The summed E-state index contributed by atoms with van der Waals surface area (Å²) in [5.41, 5.74) is 0.185. The van der Waals surface area contributed by atoms with Crippen molar-refractivity contribution >= 4 is 23.2 Å². The standard InChI is InChI=1S/C9H8Cl2F3NO/c1-5(9(12,13)14)16-4-7-6(10)2-3-8(11)15-7/h2-3,5H,4H2,1H3. The van der Waals surface area contributed by atoms with Crippen molar-refractivity contribution in [2.24, 2.45) is 0 Å².